The summed E-state index contributed by atoms with van der Waals surface area (Å²) < 4.78 is 5.66. The minimum atomic E-state index is -0.0675. The molecule has 1 atom stereocenters. The fraction of sp³-hybridized carbons (Fsp3) is 0.500. The third-order valence-electron chi connectivity index (χ3n) is 2.59. The maximum absolute atomic E-state index is 8.69. The van der Waals surface area contributed by atoms with Gasteiger partial charge in [-0.3, -0.25) is 0 Å². The molecule has 0 heterocycles. The quantitative estimate of drug-likeness (QED) is 0.771. The van der Waals surface area contributed by atoms with Gasteiger partial charge in [0.05, 0.1) is 12.0 Å². The number of rotatable bonds is 4. The highest BCUT2D eigenvalue weighted by Crippen LogP contribution is 2.24. The molecule has 1 unspecified atom stereocenters. The van der Waals surface area contributed by atoms with Crippen molar-refractivity contribution >= 4 is 0 Å². The Kier molecular flexibility index (Phi) is 4.37. The average molecular weight is 217 g/mol. The van der Waals surface area contributed by atoms with E-state index in [0.29, 0.717) is 12.5 Å². The summed E-state index contributed by atoms with van der Waals surface area (Å²) in [6, 6.07) is 8.44. The van der Waals surface area contributed by atoms with Gasteiger partial charge in [-0.2, -0.15) is 5.26 Å². The molecule has 0 saturated heterocycles. The molecule has 1 rings (SSSR count). The van der Waals surface area contributed by atoms with E-state index in [0.717, 1.165) is 11.3 Å². The Morgan fingerprint density at radius 3 is 2.56 bits per heavy atom. The van der Waals surface area contributed by atoms with Gasteiger partial charge in [0.1, 0.15) is 12.4 Å². The van der Waals surface area contributed by atoms with Gasteiger partial charge in [0.15, 0.2) is 0 Å². The summed E-state index contributed by atoms with van der Waals surface area (Å²) in [6.07, 6.45) is 0. The van der Waals surface area contributed by atoms with E-state index in [4.69, 9.17) is 10.00 Å². The Bertz CT molecular complexity index is 390. The van der Waals surface area contributed by atoms with Crippen molar-refractivity contribution in [2.45, 2.75) is 33.6 Å². The number of ether oxygens (including phenoxy) is 1. The Balaban J connectivity index is 2.79. The molecule has 0 bridgehead atoms. The van der Waals surface area contributed by atoms with Crippen LogP contribution < -0.4 is 4.74 Å². The number of nitrogens with zero attached hydrogens (tertiary/aromatic N) is 1. The maximum atomic E-state index is 8.69. The predicted molar refractivity (Wildman–Crippen MR) is 65.5 cm³/mol. The molecule has 16 heavy (non-hydrogen) atoms. The fourth-order valence-electron chi connectivity index (χ4n) is 1.38. The molecule has 0 radical (unpaired) electrons. The Morgan fingerprint density at radius 2 is 2.00 bits per heavy atom. The van der Waals surface area contributed by atoms with Crippen LogP contribution in [-0.4, -0.2) is 6.61 Å². The minimum absolute atomic E-state index is 0.0675. The normalized spacial score (nSPS) is 12.2. The molecule has 1 aromatic rings. The van der Waals surface area contributed by atoms with Crippen molar-refractivity contribution in [2.24, 2.45) is 5.92 Å². The van der Waals surface area contributed by atoms with Crippen molar-refractivity contribution in [3.63, 3.8) is 0 Å². The third kappa shape index (κ3) is 3.27. The zero-order valence-electron chi connectivity index (χ0n) is 10.4. The first-order valence-corrected chi connectivity index (χ1v) is 5.67. The third-order valence-corrected chi connectivity index (χ3v) is 2.59. The molecule has 2 heteroatoms. The van der Waals surface area contributed by atoms with Crippen LogP contribution >= 0.6 is 0 Å². The van der Waals surface area contributed by atoms with Crippen LogP contribution in [0.25, 0.3) is 0 Å². The first kappa shape index (κ1) is 12.6. The molecular formula is C14H19NO. The Morgan fingerprint density at radius 1 is 1.31 bits per heavy atom. The number of hydrogen-bond donors (Lipinski definition) is 0. The zero-order chi connectivity index (χ0) is 12.1. The fourth-order valence-corrected chi connectivity index (χ4v) is 1.38. The van der Waals surface area contributed by atoms with Crippen LogP contribution in [0, 0.1) is 24.2 Å². The lowest BCUT2D eigenvalue weighted by Crippen LogP contribution is -2.07. The molecule has 0 aromatic heterocycles. The standard InChI is InChI=1S/C14H19NO/c1-10(2)13-6-5-12(4)14(7-13)16-9-11(3)8-15/h5-7,10-11H,9H2,1-4H3. The molecule has 1 aromatic carbocycles. The highest BCUT2D eigenvalue weighted by atomic mass is 16.5. The molecule has 0 aliphatic heterocycles. The molecule has 0 N–H and O–H groups in total. The summed E-state index contributed by atoms with van der Waals surface area (Å²) in [7, 11) is 0. The number of hydrogen-bond acceptors (Lipinski definition) is 2. The highest BCUT2D eigenvalue weighted by molar-refractivity contribution is 5.37. The van der Waals surface area contributed by atoms with Gasteiger partial charge in [0, 0.05) is 0 Å². The largest absolute Gasteiger partial charge is 0.492 e. The molecule has 2 nitrogen and oxygen atoms in total. The van der Waals surface area contributed by atoms with E-state index < -0.39 is 0 Å². The van der Waals surface area contributed by atoms with E-state index in [-0.39, 0.29) is 5.92 Å². The van der Waals surface area contributed by atoms with Crippen LogP contribution in [0.2, 0.25) is 0 Å². The lowest BCUT2D eigenvalue weighted by atomic mass is 10.0. The Hall–Kier alpha value is -1.49. The predicted octanol–water partition coefficient (Wildman–Crippen LogP) is 3.66. The average Bonchev–Trinajstić information content (AvgIpc) is 2.27. The molecule has 0 spiro atoms. The second-order valence-electron chi connectivity index (χ2n) is 4.52. The SMILES string of the molecule is Cc1ccc(C(C)C)cc1OCC(C)C#N. The van der Waals surface area contributed by atoms with Crippen molar-refractivity contribution in [3.8, 4) is 11.8 Å². The second kappa shape index (κ2) is 5.55. The Labute approximate surface area is 97.9 Å². The highest BCUT2D eigenvalue weighted by Gasteiger charge is 2.06. The summed E-state index contributed by atoms with van der Waals surface area (Å²) in [5.41, 5.74) is 2.39. The van der Waals surface area contributed by atoms with Gasteiger partial charge >= 0.3 is 0 Å². The molecule has 0 fully saturated rings. The minimum Gasteiger partial charge on any atom is -0.492 e. The van der Waals surface area contributed by atoms with Crippen LogP contribution in [0.15, 0.2) is 18.2 Å². The van der Waals surface area contributed by atoms with Gasteiger partial charge in [0.2, 0.25) is 0 Å². The van der Waals surface area contributed by atoms with Gasteiger partial charge < -0.3 is 4.74 Å². The smallest absolute Gasteiger partial charge is 0.122 e. The molecule has 86 valence electrons. The van der Waals surface area contributed by atoms with Crippen molar-refractivity contribution in [3.05, 3.63) is 29.3 Å². The zero-order valence-corrected chi connectivity index (χ0v) is 10.4. The van der Waals surface area contributed by atoms with Gasteiger partial charge in [-0.1, -0.05) is 26.0 Å². The van der Waals surface area contributed by atoms with Crippen LogP contribution in [0.1, 0.15) is 37.8 Å². The van der Waals surface area contributed by atoms with E-state index in [1.165, 1.54) is 5.56 Å². The first-order valence-electron chi connectivity index (χ1n) is 5.67. The van der Waals surface area contributed by atoms with E-state index in [1.807, 2.05) is 13.8 Å². The number of nitriles is 1. The van der Waals surface area contributed by atoms with Crippen LogP contribution in [-0.2, 0) is 0 Å². The first-order chi connectivity index (χ1) is 7.54. The van der Waals surface area contributed by atoms with Gasteiger partial charge in [-0.15, -0.1) is 0 Å². The monoisotopic (exact) mass is 217 g/mol. The van der Waals surface area contributed by atoms with Crippen molar-refractivity contribution in [2.75, 3.05) is 6.61 Å². The molecule has 0 amide bonds. The molecular weight excluding hydrogens is 198 g/mol. The second-order valence-corrected chi connectivity index (χ2v) is 4.52. The van der Waals surface area contributed by atoms with Gasteiger partial charge in [0.25, 0.3) is 0 Å². The molecule has 0 saturated carbocycles. The summed E-state index contributed by atoms with van der Waals surface area (Å²) in [5, 5.41) is 8.69. The van der Waals surface area contributed by atoms with Crippen LogP contribution in [0.3, 0.4) is 0 Å². The number of benzene rings is 1. The maximum Gasteiger partial charge on any atom is 0.122 e. The summed E-state index contributed by atoms with van der Waals surface area (Å²) in [5.74, 6) is 1.33. The van der Waals surface area contributed by atoms with Crippen molar-refractivity contribution in [1.29, 1.82) is 5.26 Å². The summed E-state index contributed by atoms with van der Waals surface area (Å²) in [6.45, 7) is 8.66. The number of aryl methyl sites for hydroxylation is 1. The summed E-state index contributed by atoms with van der Waals surface area (Å²) >= 11 is 0. The van der Waals surface area contributed by atoms with Gasteiger partial charge in [-0.05, 0) is 37.0 Å². The lowest BCUT2D eigenvalue weighted by molar-refractivity contribution is 0.286. The van der Waals surface area contributed by atoms with Crippen LogP contribution in [0.5, 0.6) is 5.75 Å². The molecule has 0 aliphatic rings. The van der Waals surface area contributed by atoms with Crippen molar-refractivity contribution < 1.29 is 4.74 Å². The van der Waals surface area contributed by atoms with E-state index in [2.05, 4.69) is 38.1 Å². The topological polar surface area (TPSA) is 33.0 Å². The van der Waals surface area contributed by atoms with E-state index >= 15 is 0 Å². The lowest BCUT2D eigenvalue weighted by Gasteiger charge is -2.13. The van der Waals surface area contributed by atoms with E-state index in [1.54, 1.807) is 0 Å². The van der Waals surface area contributed by atoms with Crippen LogP contribution in [0.4, 0.5) is 0 Å². The van der Waals surface area contributed by atoms with Gasteiger partial charge in [-0.25, -0.2) is 0 Å². The van der Waals surface area contributed by atoms with E-state index in [9.17, 15) is 0 Å². The van der Waals surface area contributed by atoms with Crippen molar-refractivity contribution in [1.82, 2.24) is 0 Å². The summed E-state index contributed by atoms with van der Waals surface area (Å²) in [4.78, 5) is 0. The molecule has 0 aliphatic carbocycles.